The van der Waals surface area contributed by atoms with Gasteiger partial charge in [0, 0.05) is 28.2 Å². The van der Waals surface area contributed by atoms with E-state index in [1.807, 2.05) is 36.4 Å². The number of ether oxygens (including phenoxy) is 2. The van der Waals surface area contributed by atoms with Crippen LogP contribution in [0.4, 0.5) is 0 Å². The van der Waals surface area contributed by atoms with E-state index in [2.05, 4.69) is 45.5 Å². The number of aliphatic hydroxyl groups excluding tert-OH is 1. The summed E-state index contributed by atoms with van der Waals surface area (Å²) in [6.07, 6.45) is 0. The normalized spacial score (nSPS) is 11.4. The average molecular weight is 587 g/mol. The van der Waals surface area contributed by atoms with Gasteiger partial charge < -0.3 is 19.7 Å². The van der Waals surface area contributed by atoms with E-state index in [0.717, 1.165) is 26.7 Å². The van der Waals surface area contributed by atoms with Gasteiger partial charge in [-0.1, -0.05) is 66.7 Å². The van der Waals surface area contributed by atoms with Crippen molar-refractivity contribution in [2.75, 3.05) is 6.61 Å². The first-order valence-corrected chi connectivity index (χ1v) is 13.0. The fraction of sp³-hybridized carbons (Fsp3) is 0.161. The Labute approximate surface area is 235 Å². The summed E-state index contributed by atoms with van der Waals surface area (Å²) in [7, 11) is 0. The molecular formula is C31H27BrN2O5. The van der Waals surface area contributed by atoms with Crippen LogP contribution in [0, 0.1) is 11.3 Å². The molecule has 0 heterocycles. The molecule has 0 aliphatic heterocycles. The fourth-order valence-corrected chi connectivity index (χ4v) is 4.56. The van der Waals surface area contributed by atoms with E-state index in [4.69, 9.17) is 9.47 Å². The van der Waals surface area contributed by atoms with Gasteiger partial charge in [0.2, 0.25) is 0 Å². The molecule has 4 aromatic rings. The lowest BCUT2D eigenvalue weighted by Gasteiger charge is -2.17. The highest BCUT2D eigenvalue weighted by Crippen LogP contribution is 2.32. The number of rotatable bonds is 12. The summed E-state index contributed by atoms with van der Waals surface area (Å²) in [4.78, 5) is 11.3. The second kappa shape index (κ2) is 13.6. The minimum absolute atomic E-state index is 0.163. The molecule has 0 fully saturated rings. The second-order valence-corrected chi connectivity index (χ2v) is 9.55. The monoisotopic (exact) mass is 586 g/mol. The Morgan fingerprint density at radius 2 is 1.72 bits per heavy atom. The Kier molecular flexibility index (Phi) is 9.70. The Hall–Kier alpha value is -4.16. The van der Waals surface area contributed by atoms with Crippen molar-refractivity contribution in [3.05, 3.63) is 118 Å². The maximum atomic E-state index is 11.3. The zero-order valence-corrected chi connectivity index (χ0v) is 22.6. The van der Waals surface area contributed by atoms with E-state index >= 15 is 0 Å². The van der Waals surface area contributed by atoms with Gasteiger partial charge in [-0.25, -0.2) is 0 Å². The predicted octanol–water partition coefficient (Wildman–Crippen LogP) is 5.68. The summed E-state index contributed by atoms with van der Waals surface area (Å²) in [5, 5.41) is 30.6. The van der Waals surface area contributed by atoms with Crippen molar-refractivity contribution in [2.24, 2.45) is 0 Å². The molecule has 0 amide bonds. The Bertz CT molecular complexity index is 1470. The number of aliphatic hydroxyl groups is 1. The van der Waals surface area contributed by atoms with E-state index in [1.54, 1.807) is 36.4 Å². The van der Waals surface area contributed by atoms with Crippen LogP contribution in [-0.2, 0) is 24.6 Å². The highest BCUT2D eigenvalue weighted by Gasteiger charge is 2.17. The number of nitrogens with zero attached hydrogens (tertiary/aromatic N) is 1. The molecule has 198 valence electrons. The summed E-state index contributed by atoms with van der Waals surface area (Å²) in [5.74, 6) is -0.0634. The van der Waals surface area contributed by atoms with Crippen molar-refractivity contribution >= 4 is 21.9 Å². The summed E-state index contributed by atoms with van der Waals surface area (Å²) in [5.41, 5.74) is 5.20. The first-order valence-electron chi connectivity index (χ1n) is 12.3. The van der Waals surface area contributed by atoms with Crippen LogP contribution in [-0.4, -0.2) is 28.8 Å². The van der Waals surface area contributed by atoms with Gasteiger partial charge in [-0.2, -0.15) is 5.26 Å². The molecule has 0 saturated heterocycles. The smallest absolute Gasteiger partial charge is 0.323 e. The van der Waals surface area contributed by atoms with Crippen LogP contribution < -0.4 is 14.8 Å². The van der Waals surface area contributed by atoms with Crippen LogP contribution in [0.25, 0.3) is 11.1 Å². The quantitative estimate of drug-likeness (QED) is 0.196. The number of aliphatic carboxylic acids is 1. The third kappa shape index (κ3) is 7.45. The summed E-state index contributed by atoms with van der Waals surface area (Å²) in [6, 6.07) is 29.6. The molecule has 0 saturated carbocycles. The van der Waals surface area contributed by atoms with Crippen molar-refractivity contribution in [2.45, 2.75) is 25.8 Å². The number of nitrogens with one attached hydrogen (secondary N) is 1. The third-order valence-electron chi connectivity index (χ3n) is 6.07. The summed E-state index contributed by atoms with van der Waals surface area (Å²) < 4.78 is 13.2. The maximum absolute atomic E-state index is 11.3. The van der Waals surface area contributed by atoms with Crippen molar-refractivity contribution in [3.8, 4) is 28.7 Å². The molecule has 4 aromatic carbocycles. The lowest BCUT2D eigenvalue weighted by molar-refractivity contribution is -0.140. The molecule has 39 heavy (non-hydrogen) atoms. The van der Waals surface area contributed by atoms with Crippen LogP contribution in [0.1, 0.15) is 22.3 Å². The highest BCUT2D eigenvalue weighted by molar-refractivity contribution is 9.10. The van der Waals surface area contributed by atoms with Gasteiger partial charge >= 0.3 is 5.97 Å². The number of benzene rings is 4. The molecule has 8 heteroatoms. The lowest BCUT2D eigenvalue weighted by Crippen LogP contribution is -2.39. The third-order valence-corrected chi connectivity index (χ3v) is 7.00. The highest BCUT2D eigenvalue weighted by atomic mass is 79.9. The van der Waals surface area contributed by atoms with E-state index in [0.29, 0.717) is 29.2 Å². The van der Waals surface area contributed by atoms with Crippen molar-refractivity contribution in [1.29, 1.82) is 5.26 Å². The van der Waals surface area contributed by atoms with Gasteiger partial charge in [-0.05, 0) is 50.8 Å². The number of carbonyl (C=O) groups is 1. The molecule has 0 bridgehead atoms. The zero-order valence-electron chi connectivity index (χ0n) is 21.0. The van der Waals surface area contributed by atoms with E-state index in [1.165, 1.54) is 0 Å². The Balaban J connectivity index is 1.53. The molecule has 4 rings (SSSR count). The molecular weight excluding hydrogens is 560 g/mol. The van der Waals surface area contributed by atoms with E-state index < -0.39 is 18.6 Å². The topological polar surface area (TPSA) is 112 Å². The van der Waals surface area contributed by atoms with E-state index in [9.17, 15) is 20.3 Å². The van der Waals surface area contributed by atoms with Crippen LogP contribution >= 0.6 is 15.9 Å². The lowest BCUT2D eigenvalue weighted by atomic mass is 10.0. The number of halogens is 1. The summed E-state index contributed by atoms with van der Waals surface area (Å²) in [6.45, 7) is 0.147. The number of nitriles is 1. The molecule has 0 aromatic heterocycles. The van der Waals surface area contributed by atoms with Crippen molar-refractivity contribution < 1.29 is 24.5 Å². The van der Waals surface area contributed by atoms with Crippen molar-refractivity contribution in [3.63, 3.8) is 0 Å². The van der Waals surface area contributed by atoms with Gasteiger partial charge in [0.25, 0.3) is 0 Å². The van der Waals surface area contributed by atoms with E-state index in [-0.39, 0.29) is 13.2 Å². The van der Waals surface area contributed by atoms with Gasteiger partial charge in [-0.15, -0.1) is 0 Å². The number of hydrogen-bond donors (Lipinski definition) is 3. The molecule has 0 spiro atoms. The molecule has 0 aliphatic rings. The molecule has 1 unspecified atom stereocenters. The van der Waals surface area contributed by atoms with Crippen LogP contribution in [0.2, 0.25) is 0 Å². The SMILES string of the molecule is N#Cc1cccc(COc2cc(OCc3cccc(-c4ccccc4)c3Br)ccc2CNC(CO)C(=O)O)c1. The molecule has 3 N–H and O–H groups in total. The zero-order chi connectivity index (χ0) is 27.6. The Morgan fingerprint density at radius 1 is 0.923 bits per heavy atom. The van der Waals surface area contributed by atoms with Crippen molar-refractivity contribution in [1.82, 2.24) is 5.32 Å². The average Bonchev–Trinajstić information content (AvgIpc) is 2.97. The molecule has 0 radical (unpaired) electrons. The number of carboxylic acids is 1. The number of carboxylic acid groups (broad SMARTS) is 1. The van der Waals surface area contributed by atoms with Crippen LogP contribution in [0.15, 0.2) is 95.5 Å². The minimum atomic E-state index is -1.14. The largest absolute Gasteiger partial charge is 0.489 e. The van der Waals surface area contributed by atoms with Gasteiger partial charge in [0.05, 0.1) is 18.2 Å². The molecule has 1 atom stereocenters. The Morgan fingerprint density at radius 3 is 2.46 bits per heavy atom. The number of hydrogen-bond acceptors (Lipinski definition) is 6. The second-order valence-electron chi connectivity index (χ2n) is 8.76. The summed E-state index contributed by atoms with van der Waals surface area (Å²) >= 11 is 3.73. The first kappa shape index (κ1) is 27.9. The van der Waals surface area contributed by atoms with Crippen LogP contribution in [0.3, 0.4) is 0 Å². The minimum Gasteiger partial charge on any atom is -0.489 e. The maximum Gasteiger partial charge on any atom is 0.323 e. The molecule has 7 nitrogen and oxygen atoms in total. The van der Waals surface area contributed by atoms with Crippen LogP contribution in [0.5, 0.6) is 11.5 Å². The van der Waals surface area contributed by atoms with Gasteiger partial charge in [0.1, 0.15) is 30.8 Å². The van der Waals surface area contributed by atoms with Gasteiger partial charge in [-0.3, -0.25) is 10.1 Å². The molecule has 0 aliphatic carbocycles. The fourth-order valence-electron chi connectivity index (χ4n) is 3.95. The standard InChI is InChI=1S/C31H27BrN2O5/c32-30-25(10-5-11-27(30)23-8-2-1-3-9-23)20-38-26-13-12-24(17-34-28(18-35)31(36)37)29(15-26)39-19-22-7-4-6-21(14-22)16-33/h1-15,28,34-35H,17-20H2,(H,36,37). The van der Waals surface area contributed by atoms with Gasteiger partial charge in [0.15, 0.2) is 0 Å². The first-order chi connectivity index (χ1) is 19.0. The predicted molar refractivity (Wildman–Crippen MR) is 151 cm³/mol.